The SMILES string of the molecule is Cc1cccc(CC(CNC(=O)c2cccnc2C(F)(F)F)C(=O)O)c1. The summed E-state index contributed by atoms with van der Waals surface area (Å²) in [5, 5.41) is 11.6. The quantitative estimate of drug-likeness (QED) is 0.824. The van der Waals surface area contributed by atoms with Crippen molar-refractivity contribution in [2.24, 2.45) is 5.92 Å². The Hall–Kier alpha value is -2.90. The van der Waals surface area contributed by atoms with E-state index in [9.17, 15) is 27.9 Å². The maximum absolute atomic E-state index is 12.9. The van der Waals surface area contributed by atoms with Crippen LogP contribution in [0.4, 0.5) is 13.2 Å². The molecule has 1 aromatic carbocycles. The third-order valence-corrected chi connectivity index (χ3v) is 3.74. The molecule has 1 heterocycles. The molecule has 5 nitrogen and oxygen atoms in total. The average Bonchev–Trinajstić information content (AvgIpc) is 2.57. The van der Waals surface area contributed by atoms with Gasteiger partial charge in [0.25, 0.3) is 5.91 Å². The number of benzene rings is 1. The van der Waals surface area contributed by atoms with Crippen molar-refractivity contribution in [3.63, 3.8) is 0 Å². The third-order valence-electron chi connectivity index (χ3n) is 3.74. The van der Waals surface area contributed by atoms with Crippen molar-refractivity contribution in [2.75, 3.05) is 6.54 Å². The second-order valence-electron chi connectivity index (χ2n) is 5.84. The highest BCUT2D eigenvalue weighted by Crippen LogP contribution is 2.29. The first-order valence-electron chi connectivity index (χ1n) is 7.77. The van der Waals surface area contributed by atoms with Crippen molar-refractivity contribution < 1.29 is 27.9 Å². The van der Waals surface area contributed by atoms with E-state index < -0.39 is 35.2 Å². The highest BCUT2D eigenvalue weighted by Gasteiger charge is 2.37. The molecule has 138 valence electrons. The van der Waals surface area contributed by atoms with Crippen molar-refractivity contribution in [1.29, 1.82) is 0 Å². The van der Waals surface area contributed by atoms with Crippen LogP contribution in [0.5, 0.6) is 0 Å². The molecule has 0 aliphatic carbocycles. The minimum Gasteiger partial charge on any atom is -0.481 e. The Kier molecular flexibility index (Phi) is 5.97. The van der Waals surface area contributed by atoms with Gasteiger partial charge in [-0.05, 0) is 31.0 Å². The van der Waals surface area contributed by atoms with Crippen LogP contribution in [0.1, 0.15) is 27.2 Å². The number of alkyl halides is 3. The zero-order valence-corrected chi connectivity index (χ0v) is 13.9. The lowest BCUT2D eigenvalue weighted by Gasteiger charge is -2.15. The molecule has 1 amide bonds. The molecule has 26 heavy (non-hydrogen) atoms. The topological polar surface area (TPSA) is 79.3 Å². The molecule has 2 rings (SSSR count). The molecule has 0 bridgehead atoms. The summed E-state index contributed by atoms with van der Waals surface area (Å²) in [6, 6.07) is 9.44. The van der Waals surface area contributed by atoms with Gasteiger partial charge < -0.3 is 10.4 Å². The van der Waals surface area contributed by atoms with Crippen molar-refractivity contribution in [3.05, 3.63) is 65.0 Å². The third kappa shape index (κ3) is 5.05. The lowest BCUT2D eigenvalue weighted by atomic mass is 9.98. The van der Waals surface area contributed by atoms with Gasteiger partial charge >= 0.3 is 12.1 Å². The zero-order valence-electron chi connectivity index (χ0n) is 13.9. The van der Waals surface area contributed by atoms with Crippen LogP contribution in [0.2, 0.25) is 0 Å². The van der Waals surface area contributed by atoms with Crippen LogP contribution in [0.25, 0.3) is 0 Å². The predicted molar refractivity (Wildman–Crippen MR) is 87.6 cm³/mol. The minimum atomic E-state index is -4.78. The van der Waals surface area contributed by atoms with Crippen LogP contribution in [-0.4, -0.2) is 28.5 Å². The Bertz CT molecular complexity index is 806. The second kappa shape index (κ2) is 7.99. The lowest BCUT2D eigenvalue weighted by Crippen LogP contribution is -2.35. The summed E-state index contributed by atoms with van der Waals surface area (Å²) in [5.41, 5.74) is -0.215. The van der Waals surface area contributed by atoms with Gasteiger partial charge in [-0.25, -0.2) is 0 Å². The number of aliphatic carboxylic acids is 1. The van der Waals surface area contributed by atoms with E-state index in [2.05, 4.69) is 10.3 Å². The van der Waals surface area contributed by atoms with E-state index in [0.717, 1.165) is 23.4 Å². The molecular formula is C18H17F3N2O3. The van der Waals surface area contributed by atoms with Crippen LogP contribution in [0.3, 0.4) is 0 Å². The van der Waals surface area contributed by atoms with Gasteiger partial charge in [0.15, 0.2) is 5.69 Å². The highest BCUT2D eigenvalue weighted by atomic mass is 19.4. The number of carbonyl (C=O) groups excluding carboxylic acids is 1. The summed E-state index contributed by atoms with van der Waals surface area (Å²) in [6.45, 7) is 1.57. The number of amides is 1. The van der Waals surface area contributed by atoms with Crippen LogP contribution < -0.4 is 5.32 Å². The first-order chi connectivity index (χ1) is 12.2. The summed E-state index contributed by atoms with van der Waals surface area (Å²) in [5.74, 6) is -3.12. The molecule has 1 unspecified atom stereocenters. The lowest BCUT2D eigenvalue weighted by molar-refractivity contribution is -0.142. The molecule has 8 heteroatoms. The summed E-state index contributed by atoms with van der Waals surface area (Å²) in [4.78, 5) is 26.7. The number of aryl methyl sites for hydroxylation is 1. The Balaban J connectivity index is 2.10. The molecule has 1 aromatic heterocycles. The normalized spacial score (nSPS) is 12.5. The van der Waals surface area contributed by atoms with E-state index in [1.807, 2.05) is 19.1 Å². The van der Waals surface area contributed by atoms with Crippen molar-refractivity contribution in [3.8, 4) is 0 Å². The average molecular weight is 366 g/mol. The summed E-state index contributed by atoms with van der Waals surface area (Å²) >= 11 is 0. The van der Waals surface area contributed by atoms with Crippen LogP contribution in [0.15, 0.2) is 42.6 Å². The molecule has 0 saturated heterocycles. The van der Waals surface area contributed by atoms with Crippen LogP contribution >= 0.6 is 0 Å². The van der Waals surface area contributed by atoms with Crippen LogP contribution in [0, 0.1) is 12.8 Å². The van der Waals surface area contributed by atoms with Gasteiger partial charge in [-0.2, -0.15) is 13.2 Å². The Morgan fingerprint density at radius 2 is 1.96 bits per heavy atom. The maximum Gasteiger partial charge on any atom is 0.434 e. The van der Waals surface area contributed by atoms with Gasteiger partial charge in [0, 0.05) is 12.7 Å². The Labute approximate surface area is 147 Å². The number of rotatable bonds is 6. The van der Waals surface area contributed by atoms with E-state index in [1.165, 1.54) is 6.07 Å². The summed E-state index contributed by atoms with van der Waals surface area (Å²) < 4.78 is 38.8. The predicted octanol–water partition coefficient (Wildman–Crippen LogP) is 3.08. The molecule has 0 saturated carbocycles. The number of carboxylic acid groups (broad SMARTS) is 1. The number of nitrogens with one attached hydrogen (secondary N) is 1. The van der Waals surface area contributed by atoms with Crippen molar-refractivity contribution in [2.45, 2.75) is 19.5 Å². The van der Waals surface area contributed by atoms with E-state index in [1.54, 1.807) is 12.1 Å². The van der Waals surface area contributed by atoms with Gasteiger partial charge in [0.05, 0.1) is 11.5 Å². The zero-order chi connectivity index (χ0) is 19.3. The molecule has 0 aliphatic heterocycles. The van der Waals surface area contributed by atoms with E-state index in [4.69, 9.17) is 0 Å². The molecule has 1 atom stereocenters. The van der Waals surface area contributed by atoms with E-state index in [0.29, 0.717) is 0 Å². The number of carbonyl (C=O) groups is 2. The molecule has 0 fully saturated rings. The van der Waals surface area contributed by atoms with Gasteiger partial charge in [0.2, 0.25) is 0 Å². The monoisotopic (exact) mass is 366 g/mol. The van der Waals surface area contributed by atoms with Gasteiger partial charge in [0.1, 0.15) is 0 Å². The molecule has 0 radical (unpaired) electrons. The number of nitrogens with zero attached hydrogens (tertiary/aromatic N) is 1. The van der Waals surface area contributed by atoms with Crippen LogP contribution in [-0.2, 0) is 17.4 Å². The Morgan fingerprint density at radius 3 is 2.58 bits per heavy atom. The molecule has 0 aliphatic rings. The molecule has 2 N–H and O–H groups in total. The number of aromatic nitrogens is 1. The van der Waals surface area contributed by atoms with Crippen molar-refractivity contribution in [1.82, 2.24) is 10.3 Å². The summed E-state index contributed by atoms with van der Waals surface area (Å²) in [7, 11) is 0. The Morgan fingerprint density at radius 1 is 1.23 bits per heavy atom. The number of hydrogen-bond donors (Lipinski definition) is 2. The van der Waals surface area contributed by atoms with Gasteiger partial charge in [-0.1, -0.05) is 29.8 Å². The van der Waals surface area contributed by atoms with E-state index in [-0.39, 0.29) is 13.0 Å². The number of hydrogen-bond acceptors (Lipinski definition) is 3. The van der Waals surface area contributed by atoms with Gasteiger partial charge in [-0.3, -0.25) is 14.6 Å². The highest BCUT2D eigenvalue weighted by molar-refractivity contribution is 5.95. The fourth-order valence-electron chi connectivity index (χ4n) is 2.50. The molecule has 0 spiro atoms. The minimum absolute atomic E-state index is 0.149. The number of pyridine rings is 1. The fraction of sp³-hybridized carbons (Fsp3) is 0.278. The maximum atomic E-state index is 12.9. The molecular weight excluding hydrogens is 349 g/mol. The van der Waals surface area contributed by atoms with Crippen molar-refractivity contribution >= 4 is 11.9 Å². The second-order valence-corrected chi connectivity index (χ2v) is 5.84. The first-order valence-corrected chi connectivity index (χ1v) is 7.77. The molecule has 2 aromatic rings. The summed E-state index contributed by atoms with van der Waals surface area (Å²) in [6.07, 6.45) is -3.68. The van der Waals surface area contributed by atoms with Gasteiger partial charge in [-0.15, -0.1) is 0 Å². The standard InChI is InChI=1S/C18H17F3N2O3/c1-11-4-2-5-12(8-11)9-13(17(25)26)10-23-16(24)14-6-3-7-22-15(14)18(19,20)21/h2-8,13H,9-10H2,1H3,(H,23,24)(H,25,26). The number of halogens is 3. The first kappa shape index (κ1) is 19.4. The fourth-order valence-corrected chi connectivity index (χ4v) is 2.50. The number of carboxylic acids is 1. The largest absolute Gasteiger partial charge is 0.481 e. The van der Waals surface area contributed by atoms with E-state index >= 15 is 0 Å². The smallest absolute Gasteiger partial charge is 0.434 e.